The molecule has 1 aliphatic carbocycles. The van der Waals surface area contributed by atoms with Crippen molar-refractivity contribution in [2.45, 2.75) is 58.9 Å². The Morgan fingerprint density at radius 2 is 1.97 bits per heavy atom. The van der Waals surface area contributed by atoms with Crippen molar-refractivity contribution in [1.29, 1.82) is 0 Å². The van der Waals surface area contributed by atoms with Gasteiger partial charge in [0.25, 0.3) is 5.91 Å². The molecule has 0 bridgehead atoms. The summed E-state index contributed by atoms with van der Waals surface area (Å²) in [6.45, 7) is 7.09. The second kappa shape index (κ2) is 10.1. The quantitative estimate of drug-likeness (QED) is 0.696. The molecule has 1 heterocycles. The Labute approximate surface area is 179 Å². The Morgan fingerprint density at radius 1 is 1.20 bits per heavy atom. The van der Waals surface area contributed by atoms with Gasteiger partial charge in [-0.25, -0.2) is 0 Å². The van der Waals surface area contributed by atoms with Crippen LogP contribution in [0.1, 0.15) is 50.7 Å². The number of carbonyl (C=O) groups excluding carboxylic acids is 3. The lowest BCUT2D eigenvalue weighted by Gasteiger charge is -2.39. The van der Waals surface area contributed by atoms with Gasteiger partial charge in [0.05, 0.1) is 5.92 Å². The molecule has 2 amide bonds. The lowest BCUT2D eigenvalue weighted by atomic mass is 9.77. The monoisotopic (exact) mass is 414 g/mol. The molecule has 1 aromatic rings. The van der Waals surface area contributed by atoms with Crippen LogP contribution in [0, 0.1) is 24.7 Å². The van der Waals surface area contributed by atoms with E-state index in [1.54, 1.807) is 0 Å². The molecule has 1 saturated carbocycles. The Morgan fingerprint density at radius 3 is 2.73 bits per heavy atom. The Bertz CT molecular complexity index is 778. The molecule has 2 aliphatic rings. The van der Waals surface area contributed by atoms with Crippen molar-refractivity contribution in [3.05, 3.63) is 35.4 Å². The van der Waals surface area contributed by atoms with Crippen molar-refractivity contribution in [3.8, 4) is 0 Å². The lowest BCUT2D eigenvalue weighted by Crippen LogP contribution is -2.45. The fourth-order valence-corrected chi connectivity index (χ4v) is 4.74. The maximum Gasteiger partial charge on any atom is 0.311 e. The largest absolute Gasteiger partial charge is 0.455 e. The maximum absolute atomic E-state index is 12.5. The van der Waals surface area contributed by atoms with Crippen molar-refractivity contribution in [2.24, 2.45) is 17.8 Å². The zero-order valence-electron chi connectivity index (χ0n) is 18.4. The molecule has 6 heteroatoms. The van der Waals surface area contributed by atoms with Gasteiger partial charge in [0, 0.05) is 25.6 Å². The van der Waals surface area contributed by atoms with Gasteiger partial charge in [-0.05, 0) is 42.7 Å². The van der Waals surface area contributed by atoms with E-state index in [-0.39, 0.29) is 30.9 Å². The number of esters is 1. The lowest BCUT2D eigenvalue weighted by molar-refractivity contribution is -0.152. The number of hydrogen-bond donors (Lipinski definition) is 1. The van der Waals surface area contributed by atoms with Crippen LogP contribution < -0.4 is 5.32 Å². The van der Waals surface area contributed by atoms with Gasteiger partial charge in [-0.1, -0.05) is 51.0 Å². The molecule has 0 radical (unpaired) electrons. The number of nitrogens with zero attached hydrogens (tertiary/aromatic N) is 1. The van der Waals surface area contributed by atoms with Crippen molar-refractivity contribution >= 4 is 17.8 Å². The molecule has 2 fully saturated rings. The molecule has 4 atom stereocenters. The van der Waals surface area contributed by atoms with E-state index in [4.69, 9.17) is 4.74 Å². The highest BCUT2D eigenvalue weighted by atomic mass is 16.5. The molecular weight excluding hydrogens is 380 g/mol. The number of ether oxygens (including phenoxy) is 1. The van der Waals surface area contributed by atoms with Gasteiger partial charge >= 0.3 is 5.97 Å². The SMILES string of the molecule is Cc1ccccc1CCNC(=O)COC(=O)[C@H]1CC(=O)N([C@H]2CCC[C@H](C)[C@@H]2C)C1. The van der Waals surface area contributed by atoms with Crippen LogP contribution in [0.25, 0.3) is 0 Å². The van der Waals surface area contributed by atoms with E-state index < -0.39 is 11.9 Å². The Hall–Kier alpha value is -2.37. The molecule has 6 nitrogen and oxygen atoms in total. The van der Waals surface area contributed by atoms with E-state index >= 15 is 0 Å². The minimum absolute atomic E-state index is 0.0329. The van der Waals surface area contributed by atoms with Crippen molar-refractivity contribution in [2.75, 3.05) is 19.7 Å². The van der Waals surface area contributed by atoms with Crippen LogP contribution in [-0.4, -0.2) is 48.4 Å². The zero-order valence-corrected chi connectivity index (χ0v) is 18.4. The van der Waals surface area contributed by atoms with E-state index in [9.17, 15) is 14.4 Å². The number of carbonyl (C=O) groups is 3. The predicted molar refractivity (Wildman–Crippen MR) is 115 cm³/mol. The van der Waals surface area contributed by atoms with Gasteiger partial charge < -0.3 is 15.0 Å². The van der Waals surface area contributed by atoms with Gasteiger partial charge in [0.2, 0.25) is 5.91 Å². The number of amides is 2. The molecule has 0 aromatic heterocycles. The van der Waals surface area contributed by atoms with Gasteiger partial charge in [-0.15, -0.1) is 0 Å². The number of rotatable bonds is 7. The fourth-order valence-electron chi connectivity index (χ4n) is 4.74. The van der Waals surface area contributed by atoms with Crippen molar-refractivity contribution in [3.63, 3.8) is 0 Å². The molecule has 3 rings (SSSR count). The highest BCUT2D eigenvalue weighted by molar-refractivity contribution is 5.88. The molecule has 0 unspecified atom stereocenters. The topological polar surface area (TPSA) is 75.7 Å². The number of benzene rings is 1. The average molecular weight is 415 g/mol. The summed E-state index contributed by atoms with van der Waals surface area (Å²) in [6, 6.07) is 8.26. The number of hydrogen-bond acceptors (Lipinski definition) is 4. The third kappa shape index (κ3) is 5.41. The molecule has 0 spiro atoms. The Kier molecular flexibility index (Phi) is 7.51. The number of aryl methyl sites for hydroxylation is 1. The minimum Gasteiger partial charge on any atom is -0.455 e. The summed E-state index contributed by atoms with van der Waals surface area (Å²) in [5.41, 5.74) is 2.38. The van der Waals surface area contributed by atoms with E-state index in [0.29, 0.717) is 24.9 Å². The zero-order chi connectivity index (χ0) is 21.7. The van der Waals surface area contributed by atoms with Crippen LogP contribution in [0.5, 0.6) is 0 Å². The molecule has 164 valence electrons. The van der Waals surface area contributed by atoms with Crippen LogP contribution in [0.15, 0.2) is 24.3 Å². The number of likely N-dealkylation sites (tertiary alicyclic amines) is 1. The minimum atomic E-state index is -0.471. The second-order valence-corrected chi connectivity index (χ2v) is 8.92. The van der Waals surface area contributed by atoms with Crippen LogP contribution in [0.2, 0.25) is 0 Å². The smallest absolute Gasteiger partial charge is 0.311 e. The average Bonchev–Trinajstić information content (AvgIpc) is 3.11. The maximum atomic E-state index is 12.5. The van der Waals surface area contributed by atoms with Crippen molar-refractivity contribution < 1.29 is 19.1 Å². The summed E-state index contributed by atoms with van der Waals surface area (Å²) in [5, 5.41) is 2.79. The van der Waals surface area contributed by atoms with E-state index in [2.05, 4.69) is 19.2 Å². The molecule has 1 aromatic carbocycles. The van der Waals surface area contributed by atoms with E-state index in [1.807, 2.05) is 36.1 Å². The highest BCUT2D eigenvalue weighted by Gasteiger charge is 2.42. The normalized spacial score (nSPS) is 26.5. The summed E-state index contributed by atoms with van der Waals surface area (Å²) in [7, 11) is 0. The molecule has 1 aliphatic heterocycles. The predicted octanol–water partition coefficient (Wildman–Crippen LogP) is 2.87. The van der Waals surface area contributed by atoms with Gasteiger partial charge in [-0.3, -0.25) is 14.4 Å². The Balaban J connectivity index is 1.41. The van der Waals surface area contributed by atoms with Crippen LogP contribution >= 0.6 is 0 Å². The van der Waals surface area contributed by atoms with Crippen molar-refractivity contribution in [1.82, 2.24) is 10.2 Å². The third-order valence-electron chi connectivity index (χ3n) is 6.88. The first-order chi connectivity index (χ1) is 14.4. The molecule has 1 N–H and O–H groups in total. The highest BCUT2D eigenvalue weighted by Crippen LogP contribution is 2.35. The second-order valence-electron chi connectivity index (χ2n) is 8.92. The first-order valence-electron chi connectivity index (χ1n) is 11.1. The number of nitrogens with one attached hydrogen (secondary N) is 1. The molecule has 30 heavy (non-hydrogen) atoms. The van der Waals surface area contributed by atoms with Crippen LogP contribution in [0.4, 0.5) is 0 Å². The first kappa shape index (κ1) is 22.3. The summed E-state index contributed by atoms with van der Waals surface area (Å²) in [6.07, 6.45) is 4.24. The van der Waals surface area contributed by atoms with Gasteiger partial charge in [0.1, 0.15) is 0 Å². The molecule has 1 saturated heterocycles. The third-order valence-corrected chi connectivity index (χ3v) is 6.88. The summed E-state index contributed by atoms with van der Waals surface area (Å²) in [5.74, 6) is -0.168. The summed E-state index contributed by atoms with van der Waals surface area (Å²) in [4.78, 5) is 38.9. The first-order valence-corrected chi connectivity index (χ1v) is 11.1. The van der Waals surface area contributed by atoms with Crippen LogP contribution in [0.3, 0.4) is 0 Å². The molecular formula is C24H34N2O4. The van der Waals surface area contributed by atoms with Gasteiger partial charge in [-0.2, -0.15) is 0 Å². The van der Waals surface area contributed by atoms with Gasteiger partial charge in [0.15, 0.2) is 6.61 Å². The van der Waals surface area contributed by atoms with E-state index in [0.717, 1.165) is 19.3 Å². The summed E-state index contributed by atoms with van der Waals surface area (Å²) < 4.78 is 5.22. The summed E-state index contributed by atoms with van der Waals surface area (Å²) >= 11 is 0. The van der Waals surface area contributed by atoms with E-state index in [1.165, 1.54) is 17.5 Å². The standard InChI is InChI=1S/C24H34N2O4/c1-16-8-6-10-21(18(16)3)26-14-20(13-23(26)28)24(29)30-15-22(27)25-12-11-19-9-5-4-7-17(19)2/h4-5,7,9,16,18,20-21H,6,8,10-15H2,1-3H3,(H,25,27)/t16-,18-,20-,21-/m0/s1. The van der Waals surface area contributed by atoms with Crippen LogP contribution in [-0.2, 0) is 25.5 Å². The fraction of sp³-hybridized carbons (Fsp3) is 0.625.